The number of nitro benzene ring substituents is 1. The zero-order valence-electron chi connectivity index (χ0n) is 13.4. The van der Waals surface area contributed by atoms with Gasteiger partial charge in [-0.1, -0.05) is 23.5 Å². The molecule has 3 aromatic rings. The summed E-state index contributed by atoms with van der Waals surface area (Å²) in [5.74, 6) is -0.353. The molecule has 1 heterocycles. The van der Waals surface area contributed by atoms with E-state index in [2.05, 4.69) is 15.0 Å². The minimum Gasteiger partial charge on any atom is -0.465 e. The van der Waals surface area contributed by atoms with Gasteiger partial charge in [-0.3, -0.25) is 10.1 Å². The summed E-state index contributed by atoms with van der Waals surface area (Å²) in [4.78, 5) is 26.2. The number of hydrogen-bond donors (Lipinski definition) is 1. The van der Waals surface area contributed by atoms with Crippen LogP contribution in [0.4, 0.5) is 10.8 Å². The van der Waals surface area contributed by atoms with Crippen LogP contribution in [0.15, 0.2) is 42.5 Å². The molecule has 0 bridgehead atoms. The molecule has 25 heavy (non-hydrogen) atoms. The number of rotatable bonds is 6. The first-order chi connectivity index (χ1) is 12.1. The Bertz CT molecular complexity index is 921. The van der Waals surface area contributed by atoms with Crippen molar-refractivity contribution in [2.24, 2.45) is 0 Å². The number of benzene rings is 2. The lowest BCUT2D eigenvalue weighted by Crippen LogP contribution is -2.05. The topological polar surface area (TPSA) is 94.4 Å². The van der Waals surface area contributed by atoms with Gasteiger partial charge in [-0.2, -0.15) is 0 Å². The van der Waals surface area contributed by atoms with E-state index in [9.17, 15) is 14.9 Å². The molecule has 0 spiro atoms. The molecule has 0 radical (unpaired) electrons. The number of carbonyl (C=O) groups excluding carboxylic acids is 1. The van der Waals surface area contributed by atoms with Crippen molar-refractivity contribution >= 4 is 38.3 Å². The van der Waals surface area contributed by atoms with Crippen molar-refractivity contribution in [1.82, 2.24) is 4.98 Å². The number of esters is 1. The number of non-ortho nitro benzene ring substituents is 1. The molecule has 8 heteroatoms. The Balaban J connectivity index is 1.61. The fourth-order valence-corrected chi connectivity index (χ4v) is 3.27. The Hall–Kier alpha value is -3.00. The lowest BCUT2D eigenvalue weighted by atomic mass is 10.1. The SMILES string of the molecule is COC(=O)c1ccc(CCNc2nc3ccc([N+](=O)[O-])cc3s2)cc1. The molecule has 7 nitrogen and oxygen atoms in total. The summed E-state index contributed by atoms with van der Waals surface area (Å²) in [6.45, 7) is 0.666. The Morgan fingerprint density at radius 2 is 2.04 bits per heavy atom. The first kappa shape index (κ1) is 16.8. The fourth-order valence-electron chi connectivity index (χ4n) is 2.34. The molecule has 0 aliphatic rings. The highest BCUT2D eigenvalue weighted by molar-refractivity contribution is 7.22. The number of nitrogens with zero attached hydrogens (tertiary/aromatic N) is 2. The molecule has 1 aromatic heterocycles. The maximum absolute atomic E-state index is 11.4. The Morgan fingerprint density at radius 3 is 2.72 bits per heavy atom. The van der Waals surface area contributed by atoms with Gasteiger partial charge in [0, 0.05) is 18.7 Å². The number of thiazole rings is 1. The third-order valence-electron chi connectivity index (χ3n) is 3.65. The summed E-state index contributed by atoms with van der Waals surface area (Å²) < 4.78 is 5.44. The highest BCUT2D eigenvalue weighted by Crippen LogP contribution is 2.29. The Kier molecular flexibility index (Phi) is 4.90. The average Bonchev–Trinajstić information content (AvgIpc) is 3.03. The first-order valence-electron chi connectivity index (χ1n) is 7.53. The van der Waals surface area contributed by atoms with Crippen LogP contribution in [0.1, 0.15) is 15.9 Å². The minimum atomic E-state index is -0.412. The van der Waals surface area contributed by atoms with Gasteiger partial charge in [0.1, 0.15) is 0 Å². The molecular weight excluding hydrogens is 342 g/mol. The van der Waals surface area contributed by atoms with Crippen molar-refractivity contribution in [2.75, 3.05) is 19.0 Å². The number of nitro groups is 1. The summed E-state index contributed by atoms with van der Waals surface area (Å²) in [5, 5.41) is 14.8. The van der Waals surface area contributed by atoms with Gasteiger partial charge >= 0.3 is 5.97 Å². The van der Waals surface area contributed by atoms with Gasteiger partial charge in [0.15, 0.2) is 5.13 Å². The van der Waals surface area contributed by atoms with Gasteiger partial charge in [0.2, 0.25) is 0 Å². The van der Waals surface area contributed by atoms with E-state index in [-0.39, 0.29) is 11.7 Å². The second kappa shape index (κ2) is 7.27. The van der Waals surface area contributed by atoms with E-state index in [1.165, 1.54) is 30.6 Å². The number of anilines is 1. The van der Waals surface area contributed by atoms with Crippen molar-refractivity contribution in [3.63, 3.8) is 0 Å². The third-order valence-corrected chi connectivity index (χ3v) is 4.62. The van der Waals surface area contributed by atoms with Crippen LogP contribution in [0.3, 0.4) is 0 Å². The summed E-state index contributed by atoms with van der Waals surface area (Å²) in [7, 11) is 1.35. The highest BCUT2D eigenvalue weighted by Gasteiger charge is 2.10. The van der Waals surface area contributed by atoms with Gasteiger partial charge in [-0.15, -0.1) is 0 Å². The van der Waals surface area contributed by atoms with Gasteiger partial charge in [-0.05, 0) is 30.2 Å². The van der Waals surface area contributed by atoms with Crippen molar-refractivity contribution in [2.45, 2.75) is 6.42 Å². The monoisotopic (exact) mass is 357 g/mol. The third kappa shape index (κ3) is 3.92. The fraction of sp³-hybridized carbons (Fsp3) is 0.176. The van der Waals surface area contributed by atoms with E-state index in [0.29, 0.717) is 12.1 Å². The van der Waals surface area contributed by atoms with Crippen LogP contribution >= 0.6 is 11.3 Å². The molecule has 0 amide bonds. The van der Waals surface area contributed by atoms with Crippen molar-refractivity contribution < 1.29 is 14.5 Å². The maximum Gasteiger partial charge on any atom is 0.337 e. The number of methoxy groups -OCH3 is 1. The molecule has 1 N–H and O–H groups in total. The number of fused-ring (bicyclic) bond motifs is 1. The molecule has 0 saturated heterocycles. The standard InChI is InChI=1S/C17H15N3O4S/c1-24-16(21)12-4-2-11(3-5-12)8-9-18-17-19-14-7-6-13(20(22)23)10-15(14)25-17/h2-7,10H,8-9H2,1H3,(H,18,19). The van der Waals surface area contributed by atoms with Gasteiger partial charge in [0.25, 0.3) is 5.69 Å². The number of carbonyl (C=O) groups is 1. The van der Waals surface area contributed by atoms with Crippen molar-refractivity contribution in [3.05, 3.63) is 63.7 Å². The normalized spacial score (nSPS) is 10.6. The predicted octanol–water partition coefficient (Wildman–Crippen LogP) is 3.65. The lowest BCUT2D eigenvalue weighted by Gasteiger charge is -2.04. The number of nitrogens with one attached hydrogen (secondary N) is 1. The van der Waals surface area contributed by atoms with Crippen LogP contribution in [-0.4, -0.2) is 29.5 Å². The highest BCUT2D eigenvalue weighted by atomic mass is 32.1. The minimum absolute atomic E-state index is 0.0633. The summed E-state index contributed by atoms with van der Waals surface area (Å²) in [6, 6.07) is 11.9. The second-order valence-electron chi connectivity index (χ2n) is 5.29. The van der Waals surface area contributed by atoms with Crippen LogP contribution in [0.2, 0.25) is 0 Å². The molecule has 0 aliphatic carbocycles. The molecular formula is C17H15N3O4S. The molecule has 0 atom stereocenters. The zero-order valence-corrected chi connectivity index (χ0v) is 14.2. The molecule has 0 fully saturated rings. The quantitative estimate of drug-likeness (QED) is 0.411. The maximum atomic E-state index is 11.4. The van der Waals surface area contributed by atoms with Crippen LogP contribution in [0.5, 0.6) is 0 Å². The van der Waals surface area contributed by atoms with E-state index in [1.54, 1.807) is 18.2 Å². The largest absolute Gasteiger partial charge is 0.465 e. The summed E-state index contributed by atoms with van der Waals surface area (Å²) in [5.41, 5.74) is 2.40. The molecule has 0 unspecified atom stereocenters. The second-order valence-corrected chi connectivity index (χ2v) is 6.32. The number of ether oxygens (including phenoxy) is 1. The van der Waals surface area contributed by atoms with E-state index < -0.39 is 4.92 Å². The zero-order chi connectivity index (χ0) is 17.8. The Labute approximate surface area is 147 Å². The van der Waals surface area contributed by atoms with Crippen molar-refractivity contribution in [3.8, 4) is 0 Å². The van der Waals surface area contributed by atoms with Crippen LogP contribution in [0, 0.1) is 10.1 Å². The molecule has 128 valence electrons. The molecule has 3 rings (SSSR count). The van der Waals surface area contributed by atoms with Gasteiger partial charge in [-0.25, -0.2) is 9.78 Å². The first-order valence-corrected chi connectivity index (χ1v) is 8.34. The van der Waals surface area contributed by atoms with E-state index in [0.717, 1.165) is 27.3 Å². The average molecular weight is 357 g/mol. The van der Waals surface area contributed by atoms with Gasteiger partial charge in [0.05, 0.1) is 27.8 Å². The molecule has 2 aromatic carbocycles. The predicted molar refractivity (Wildman–Crippen MR) is 96.2 cm³/mol. The summed E-state index contributed by atoms with van der Waals surface area (Å²) in [6.07, 6.45) is 0.761. The molecule has 0 saturated carbocycles. The van der Waals surface area contributed by atoms with Crippen LogP contribution < -0.4 is 5.32 Å². The smallest absolute Gasteiger partial charge is 0.337 e. The van der Waals surface area contributed by atoms with E-state index in [1.807, 2.05) is 12.1 Å². The number of aromatic nitrogens is 1. The van der Waals surface area contributed by atoms with Crippen molar-refractivity contribution in [1.29, 1.82) is 0 Å². The van der Waals surface area contributed by atoms with E-state index in [4.69, 9.17) is 0 Å². The van der Waals surface area contributed by atoms with E-state index >= 15 is 0 Å². The van der Waals surface area contributed by atoms with Gasteiger partial charge < -0.3 is 10.1 Å². The molecule has 0 aliphatic heterocycles. The van der Waals surface area contributed by atoms with Crippen LogP contribution in [0.25, 0.3) is 10.2 Å². The number of hydrogen-bond acceptors (Lipinski definition) is 7. The Morgan fingerprint density at radius 1 is 1.28 bits per heavy atom. The lowest BCUT2D eigenvalue weighted by molar-refractivity contribution is -0.384. The van der Waals surface area contributed by atoms with Crippen LogP contribution in [-0.2, 0) is 11.2 Å². The summed E-state index contributed by atoms with van der Waals surface area (Å²) >= 11 is 1.39.